The molecule has 0 aliphatic rings. The van der Waals surface area contributed by atoms with Gasteiger partial charge in [0, 0.05) is 23.6 Å². The van der Waals surface area contributed by atoms with Crippen LogP contribution in [0.4, 0.5) is 17.2 Å². The molecule has 0 fully saturated rings. The third-order valence-electron chi connectivity index (χ3n) is 2.97. The van der Waals surface area contributed by atoms with Crippen LogP contribution in [0.3, 0.4) is 0 Å². The molecule has 0 unspecified atom stereocenters. The van der Waals surface area contributed by atoms with Gasteiger partial charge in [-0.25, -0.2) is 4.98 Å². The van der Waals surface area contributed by atoms with E-state index in [-0.39, 0.29) is 0 Å². The van der Waals surface area contributed by atoms with Crippen molar-refractivity contribution in [1.29, 1.82) is 0 Å². The first-order valence-corrected chi connectivity index (χ1v) is 6.15. The van der Waals surface area contributed by atoms with Gasteiger partial charge in [0.1, 0.15) is 5.82 Å². The first-order chi connectivity index (χ1) is 8.56. The molecular weight excluding hydrogens is 222 g/mol. The molecule has 3 N–H and O–H groups in total. The summed E-state index contributed by atoms with van der Waals surface area (Å²) in [5, 5.41) is 3.28. The zero-order valence-electron chi connectivity index (χ0n) is 11.1. The van der Waals surface area contributed by atoms with E-state index in [1.807, 2.05) is 19.1 Å². The summed E-state index contributed by atoms with van der Waals surface area (Å²) in [6, 6.07) is 10.2. The third kappa shape index (κ3) is 2.80. The highest BCUT2D eigenvalue weighted by Crippen LogP contribution is 2.22. The molecular formula is C15H19N3. The molecule has 0 spiro atoms. The fraction of sp³-hybridized carbons (Fsp3) is 0.267. The van der Waals surface area contributed by atoms with Gasteiger partial charge in [0.05, 0.1) is 0 Å². The van der Waals surface area contributed by atoms with Crippen LogP contribution in [-0.4, -0.2) is 4.98 Å². The standard InChI is InChI=1S/C15H19N3/c1-10(2)12-5-4-6-13(7-12)18-15-8-14(16)11(3)9-17-15/h4-10H,1-3H3,(H3,16,17,18). The van der Waals surface area contributed by atoms with Crippen molar-refractivity contribution in [2.24, 2.45) is 0 Å². The molecule has 0 radical (unpaired) electrons. The second kappa shape index (κ2) is 5.08. The number of hydrogen-bond donors (Lipinski definition) is 2. The predicted octanol–water partition coefficient (Wildman–Crippen LogP) is 3.84. The molecule has 0 amide bonds. The van der Waals surface area contributed by atoms with Crippen LogP contribution in [0, 0.1) is 6.92 Å². The second-order valence-electron chi connectivity index (χ2n) is 4.83. The molecule has 3 heteroatoms. The van der Waals surface area contributed by atoms with Crippen molar-refractivity contribution in [3.8, 4) is 0 Å². The molecule has 1 heterocycles. The van der Waals surface area contributed by atoms with E-state index in [0.29, 0.717) is 5.92 Å². The zero-order chi connectivity index (χ0) is 13.1. The van der Waals surface area contributed by atoms with Crippen LogP contribution in [0.1, 0.15) is 30.9 Å². The summed E-state index contributed by atoms with van der Waals surface area (Å²) in [6.45, 7) is 6.31. The topological polar surface area (TPSA) is 50.9 Å². The summed E-state index contributed by atoms with van der Waals surface area (Å²) >= 11 is 0. The van der Waals surface area contributed by atoms with Crippen LogP contribution in [0.15, 0.2) is 36.5 Å². The molecule has 0 saturated heterocycles. The highest BCUT2D eigenvalue weighted by atomic mass is 15.0. The third-order valence-corrected chi connectivity index (χ3v) is 2.97. The average Bonchev–Trinajstić information content (AvgIpc) is 2.34. The number of rotatable bonds is 3. The van der Waals surface area contributed by atoms with E-state index in [2.05, 4.69) is 42.3 Å². The molecule has 2 aromatic rings. The van der Waals surface area contributed by atoms with E-state index >= 15 is 0 Å². The van der Waals surface area contributed by atoms with Crippen LogP contribution in [-0.2, 0) is 0 Å². The summed E-state index contributed by atoms with van der Waals surface area (Å²) in [5.74, 6) is 1.29. The minimum atomic E-state index is 0.516. The predicted molar refractivity (Wildman–Crippen MR) is 77.2 cm³/mol. The lowest BCUT2D eigenvalue weighted by atomic mass is 10.0. The maximum absolute atomic E-state index is 5.87. The first-order valence-electron chi connectivity index (χ1n) is 6.15. The Morgan fingerprint density at radius 2 is 2.00 bits per heavy atom. The number of aryl methyl sites for hydroxylation is 1. The number of aromatic nitrogens is 1. The van der Waals surface area contributed by atoms with E-state index in [0.717, 1.165) is 22.8 Å². The zero-order valence-corrected chi connectivity index (χ0v) is 11.1. The van der Waals surface area contributed by atoms with E-state index in [4.69, 9.17) is 5.73 Å². The van der Waals surface area contributed by atoms with Gasteiger partial charge in [0.2, 0.25) is 0 Å². The van der Waals surface area contributed by atoms with E-state index in [9.17, 15) is 0 Å². The number of nitrogen functional groups attached to an aromatic ring is 1. The summed E-state index contributed by atoms with van der Waals surface area (Å²) in [6.07, 6.45) is 1.78. The number of nitrogens with two attached hydrogens (primary N) is 1. The van der Waals surface area contributed by atoms with Gasteiger partial charge in [-0.2, -0.15) is 0 Å². The van der Waals surface area contributed by atoms with Crippen molar-refractivity contribution < 1.29 is 0 Å². The smallest absolute Gasteiger partial charge is 0.132 e. The van der Waals surface area contributed by atoms with Crippen molar-refractivity contribution in [2.45, 2.75) is 26.7 Å². The lowest BCUT2D eigenvalue weighted by Gasteiger charge is -2.10. The van der Waals surface area contributed by atoms with Crippen LogP contribution in [0.2, 0.25) is 0 Å². The fourth-order valence-electron chi connectivity index (χ4n) is 1.73. The minimum absolute atomic E-state index is 0.516. The van der Waals surface area contributed by atoms with Gasteiger partial charge in [-0.15, -0.1) is 0 Å². The van der Waals surface area contributed by atoms with Crippen molar-refractivity contribution in [3.05, 3.63) is 47.7 Å². The van der Waals surface area contributed by atoms with Gasteiger partial charge in [-0.3, -0.25) is 0 Å². The van der Waals surface area contributed by atoms with Crippen molar-refractivity contribution in [3.63, 3.8) is 0 Å². The van der Waals surface area contributed by atoms with Gasteiger partial charge in [0.25, 0.3) is 0 Å². The Bertz CT molecular complexity index is 547. The minimum Gasteiger partial charge on any atom is -0.398 e. The number of nitrogens with zero attached hydrogens (tertiary/aromatic N) is 1. The Balaban J connectivity index is 2.23. The molecule has 0 aliphatic carbocycles. The Labute approximate surface area is 108 Å². The second-order valence-corrected chi connectivity index (χ2v) is 4.83. The fourth-order valence-corrected chi connectivity index (χ4v) is 1.73. The molecule has 94 valence electrons. The highest BCUT2D eigenvalue weighted by molar-refractivity contribution is 5.62. The Morgan fingerprint density at radius 1 is 1.22 bits per heavy atom. The summed E-state index contributed by atoms with van der Waals surface area (Å²) in [4.78, 5) is 4.32. The van der Waals surface area contributed by atoms with Gasteiger partial charge >= 0.3 is 0 Å². The number of benzene rings is 1. The SMILES string of the molecule is Cc1cnc(Nc2cccc(C(C)C)c2)cc1N. The first kappa shape index (κ1) is 12.4. The van der Waals surface area contributed by atoms with Crippen LogP contribution < -0.4 is 11.1 Å². The van der Waals surface area contributed by atoms with Gasteiger partial charge in [0.15, 0.2) is 0 Å². The lowest BCUT2D eigenvalue weighted by molar-refractivity contribution is 0.867. The molecule has 18 heavy (non-hydrogen) atoms. The quantitative estimate of drug-likeness (QED) is 0.858. The lowest BCUT2D eigenvalue weighted by Crippen LogP contribution is -1.98. The molecule has 1 aromatic carbocycles. The molecule has 0 saturated carbocycles. The summed E-state index contributed by atoms with van der Waals surface area (Å²) in [5.41, 5.74) is 9.97. The van der Waals surface area contributed by atoms with Crippen LogP contribution in [0.5, 0.6) is 0 Å². The molecule has 3 nitrogen and oxygen atoms in total. The van der Waals surface area contributed by atoms with E-state index < -0.39 is 0 Å². The Hall–Kier alpha value is -2.03. The monoisotopic (exact) mass is 241 g/mol. The van der Waals surface area contributed by atoms with Crippen molar-refractivity contribution in [1.82, 2.24) is 4.98 Å². The maximum atomic E-state index is 5.87. The highest BCUT2D eigenvalue weighted by Gasteiger charge is 2.02. The van der Waals surface area contributed by atoms with Gasteiger partial charge in [-0.1, -0.05) is 26.0 Å². The number of nitrogens with one attached hydrogen (secondary N) is 1. The summed E-state index contributed by atoms with van der Waals surface area (Å²) < 4.78 is 0. The molecule has 1 aromatic heterocycles. The molecule has 0 aliphatic heterocycles. The molecule has 0 atom stereocenters. The van der Waals surface area contributed by atoms with Crippen LogP contribution >= 0.6 is 0 Å². The van der Waals surface area contributed by atoms with Crippen molar-refractivity contribution >= 4 is 17.2 Å². The molecule has 0 bridgehead atoms. The average molecular weight is 241 g/mol. The maximum Gasteiger partial charge on any atom is 0.132 e. The largest absolute Gasteiger partial charge is 0.398 e. The Morgan fingerprint density at radius 3 is 2.67 bits per heavy atom. The van der Waals surface area contributed by atoms with Gasteiger partial charge in [-0.05, 0) is 36.1 Å². The normalized spacial score (nSPS) is 10.7. The van der Waals surface area contributed by atoms with Crippen LogP contribution in [0.25, 0.3) is 0 Å². The van der Waals surface area contributed by atoms with E-state index in [1.165, 1.54) is 5.56 Å². The Kier molecular flexibility index (Phi) is 3.51. The van der Waals surface area contributed by atoms with Crippen molar-refractivity contribution in [2.75, 3.05) is 11.1 Å². The number of hydrogen-bond acceptors (Lipinski definition) is 3. The number of pyridine rings is 1. The summed E-state index contributed by atoms with van der Waals surface area (Å²) in [7, 11) is 0. The molecule has 2 rings (SSSR count). The van der Waals surface area contributed by atoms with Gasteiger partial charge < -0.3 is 11.1 Å². The van der Waals surface area contributed by atoms with E-state index in [1.54, 1.807) is 6.20 Å². The number of anilines is 3.